The van der Waals surface area contributed by atoms with E-state index in [-0.39, 0.29) is 69.3 Å². The molecule has 0 bridgehead atoms. The van der Waals surface area contributed by atoms with E-state index in [1.165, 1.54) is 73.9 Å². The average Bonchev–Trinajstić information content (AvgIpc) is 1.06. The zero-order chi connectivity index (χ0) is 72.3. The summed E-state index contributed by atoms with van der Waals surface area (Å²) in [6.45, 7) is 9.51. The number of nitrogens with zero attached hydrogens (tertiary/aromatic N) is 13. The van der Waals surface area contributed by atoms with E-state index in [9.17, 15) is 52.5 Å². The maximum atomic E-state index is 13.0. The SMILES string of the molecule is CC(=O)O.CC1(C)OC(=O)CC(=O)O1.CN(C)C(=O)c1cc2cnc(S(C)=O)nc2n(C2CCCC2)c1=O.CNC.Cc1ncc(C=O)c(NC2CCCC2)n1.Cc1ncc2cc(C(=O)N(C)C)c(=O)n(C3CCCC3)c2n1.Cc1ncc2cc(C(=O)O)c(=O)n(C3CCCC3)c2n1. The van der Waals surface area contributed by atoms with Crippen LogP contribution in [0.1, 0.15) is 207 Å². The first-order valence-corrected chi connectivity index (χ1v) is 33.9. The number of hydrogen-bond acceptors (Lipinski definition) is 23. The van der Waals surface area contributed by atoms with Crippen LogP contribution < -0.4 is 27.3 Å². The first-order valence-electron chi connectivity index (χ1n) is 32.4. The van der Waals surface area contributed by atoms with Crippen molar-refractivity contribution in [3.8, 4) is 0 Å². The van der Waals surface area contributed by atoms with Gasteiger partial charge in [-0.3, -0.25) is 61.1 Å². The summed E-state index contributed by atoms with van der Waals surface area (Å²) >= 11 is 0. The zero-order valence-corrected chi connectivity index (χ0v) is 58.7. The van der Waals surface area contributed by atoms with Crippen LogP contribution in [-0.2, 0) is 34.7 Å². The highest BCUT2D eigenvalue weighted by atomic mass is 32.2. The van der Waals surface area contributed by atoms with Gasteiger partial charge in [0.15, 0.2) is 6.29 Å². The van der Waals surface area contributed by atoms with Crippen molar-refractivity contribution in [1.82, 2.24) is 68.7 Å². The highest BCUT2D eigenvalue weighted by molar-refractivity contribution is 7.84. The van der Waals surface area contributed by atoms with Crippen LogP contribution in [0.5, 0.6) is 0 Å². The minimum absolute atomic E-state index is 0.0166. The lowest BCUT2D eigenvalue weighted by atomic mass is 10.1. The maximum Gasteiger partial charge on any atom is 0.341 e. The number of aromatic carboxylic acids is 1. The summed E-state index contributed by atoms with van der Waals surface area (Å²) in [6.07, 6.45) is 25.1. The number of carbonyl (C=O) groups is 7. The highest BCUT2D eigenvalue weighted by Crippen LogP contribution is 2.33. The lowest BCUT2D eigenvalue weighted by molar-refractivity contribution is -0.231. The van der Waals surface area contributed by atoms with Crippen molar-refractivity contribution < 1.29 is 57.5 Å². The molecule has 7 aromatic heterocycles. The number of aromatic nitrogens is 11. The monoisotopic (exact) mass is 1380 g/mol. The van der Waals surface area contributed by atoms with Gasteiger partial charge in [-0.1, -0.05) is 51.4 Å². The van der Waals surface area contributed by atoms with E-state index < -0.39 is 46.0 Å². The van der Waals surface area contributed by atoms with Gasteiger partial charge in [0.05, 0.1) is 16.4 Å². The number of aliphatic carboxylic acids is 1. The second-order valence-corrected chi connectivity index (χ2v) is 26.3. The second-order valence-electron chi connectivity index (χ2n) is 25.0. The number of fused-ring (bicyclic) bond motifs is 3. The Labute approximate surface area is 568 Å². The van der Waals surface area contributed by atoms with Gasteiger partial charge in [-0.25, -0.2) is 44.7 Å². The number of rotatable bonds is 10. The molecule has 31 heteroatoms. The second kappa shape index (κ2) is 35.6. The number of hydrogen-bond donors (Lipinski definition) is 4. The largest absolute Gasteiger partial charge is 0.481 e. The molecular weight excluding hydrogens is 1290 g/mol. The summed E-state index contributed by atoms with van der Waals surface area (Å²) < 4.78 is 25.9. The van der Waals surface area contributed by atoms with Gasteiger partial charge in [-0.15, -0.1) is 0 Å². The number of aryl methyl sites for hydroxylation is 3. The predicted octanol–water partition coefficient (Wildman–Crippen LogP) is 7.27. The highest BCUT2D eigenvalue weighted by Gasteiger charge is 2.34. The van der Waals surface area contributed by atoms with Crippen LogP contribution in [-0.4, -0.2) is 180 Å². The fourth-order valence-electron chi connectivity index (χ4n) is 11.8. The summed E-state index contributed by atoms with van der Waals surface area (Å²) in [7, 11) is 8.95. The van der Waals surface area contributed by atoms with E-state index in [0.29, 0.717) is 62.6 Å². The number of nitrogens with one attached hydrogen (secondary N) is 2. The van der Waals surface area contributed by atoms with Gasteiger partial charge in [0, 0.05) is 120 Å². The summed E-state index contributed by atoms with van der Waals surface area (Å²) in [5.74, 6) is -2.20. The summed E-state index contributed by atoms with van der Waals surface area (Å²) in [5.41, 5.74) is 1.25. The van der Waals surface area contributed by atoms with Crippen LogP contribution in [0.15, 0.2) is 62.5 Å². The molecule has 1 unspecified atom stereocenters. The lowest BCUT2D eigenvalue weighted by Crippen LogP contribution is -2.39. The van der Waals surface area contributed by atoms with Gasteiger partial charge in [0.25, 0.3) is 40.2 Å². The molecule has 4 N–H and O–H groups in total. The van der Waals surface area contributed by atoms with Crippen LogP contribution in [0.3, 0.4) is 0 Å². The third-order valence-corrected chi connectivity index (χ3v) is 16.8. The molecule has 1 aliphatic heterocycles. The van der Waals surface area contributed by atoms with Gasteiger partial charge < -0.3 is 40.1 Å². The van der Waals surface area contributed by atoms with Crippen molar-refractivity contribution in [2.45, 2.75) is 186 Å². The number of amides is 2. The number of ether oxygens (including phenoxy) is 2. The molecule has 4 saturated carbocycles. The van der Waals surface area contributed by atoms with Gasteiger partial charge in [-0.05, 0) is 104 Å². The fraction of sp³-hybridized carbons (Fsp3) is 0.522. The van der Waals surface area contributed by atoms with E-state index in [1.807, 2.05) is 27.9 Å². The molecule has 98 heavy (non-hydrogen) atoms. The summed E-state index contributed by atoms with van der Waals surface area (Å²) in [4.78, 5) is 152. The number of cyclic esters (lactones) is 2. The molecule has 0 radical (unpaired) electrons. The predicted molar refractivity (Wildman–Crippen MR) is 366 cm³/mol. The van der Waals surface area contributed by atoms with Crippen LogP contribution in [0, 0.1) is 20.8 Å². The fourth-order valence-corrected chi connectivity index (χ4v) is 12.2. The van der Waals surface area contributed by atoms with Gasteiger partial charge in [-0.2, -0.15) is 0 Å². The van der Waals surface area contributed by atoms with E-state index in [4.69, 9.17) is 9.90 Å². The molecule has 0 aromatic carbocycles. The molecule has 1 atom stereocenters. The Kier molecular flexibility index (Phi) is 28.1. The van der Waals surface area contributed by atoms with Gasteiger partial charge >= 0.3 is 17.9 Å². The van der Waals surface area contributed by atoms with Crippen molar-refractivity contribution >= 4 is 91.7 Å². The number of pyridine rings is 3. The normalized spacial score (nSPS) is 16.1. The van der Waals surface area contributed by atoms with E-state index in [2.05, 4.69) is 60.0 Å². The molecule has 528 valence electrons. The minimum atomic E-state index is -1.34. The summed E-state index contributed by atoms with van der Waals surface area (Å²) in [5, 5.41) is 24.8. The van der Waals surface area contributed by atoms with Crippen LogP contribution in [0.25, 0.3) is 33.1 Å². The number of carboxylic acid groups (broad SMARTS) is 2. The van der Waals surface area contributed by atoms with E-state index in [1.54, 1.807) is 73.5 Å². The van der Waals surface area contributed by atoms with Crippen LogP contribution >= 0.6 is 0 Å². The van der Waals surface area contributed by atoms with Crippen LogP contribution in [0.4, 0.5) is 5.82 Å². The zero-order valence-electron chi connectivity index (χ0n) is 57.9. The third-order valence-electron chi connectivity index (χ3n) is 16.1. The van der Waals surface area contributed by atoms with Gasteiger partial charge in [0.1, 0.15) is 63.3 Å². The molecule has 2 amide bonds. The molecule has 4 aliphatic carbocycles. The molecule has 30 nitrogen and oxygen atoms in total. The first-order chi connectivity index (χ1) is 46.4. The molecule has 8 heterocycles. The van der Waals surface area contributed by atoms with Gasteiger partial charge in [0.2, 0.25) is 5.16 Å². The Morgan fingerprint density at radius 3 is 1.27 bits per heavy atom. The topological polar surface area (TPSA) is 395 Å². The number of anilines is 1. The molecule has 12 rings (SSSR count). The van der Waals surface area contributed by atoms with Crippen molar-refractivity contribution in [3.05, 3.63) is 114 Å². The number of carbonyl (C=O) groups excluding carboxylic acids is 5. The number of carboxylic acids is 2. The minimum Gasteiger partial charge on any atom is -0.481 e. The number of aldehydes is 1. The Hall–Kier alpha value is -9.65. The molecule has 1 saturated heterocycles. The molecule has 5 aliphatic rings. The maximum absolute atomic E-state index is 13.0. The van der Waals surface area contributed by atoms with Crippen molar-refractivity contribution in [3.63, 3.8) is 0 Å². The van der Waals surface area contributed by atoms with Crippen molar-refractivity contribution in [2.24, 2.45) is 0 Å². The van der Waals surface area contributed by atoms with E-state index >= 15 is 0 Å². The summed E-state index contributed by atoms with van der Waals surface area (Å²) in [6, 6.07) is 5.17. The molecule has 5 fully saturated rings. The smallest absolute Gasteiger partial charge is 0.341 e. The number of esters is 2. The van der Waals surface area contributed by atoms with Crippen LogP contribution in [0.2, 0.25) is 0 Å². The Bertz CT molecular complexity index is 4240. The van der Waals surface area contributed by atoms with Crippen molar-refractivity contribution in [2.75, 3.05) is 53.9 Å². The lowest BCUT2D eigenvalue weighted by Gasteiger charge is -2.28. The first kappa shape index (κ1) is 77.4. The molecular formula is C67H89N15O15S. The standard InChI is InChI=1S/C16H20N4O3S.C16H20N4O2.C14H15N3O3.C11H15N3O.C6H8O4.C2H7N.C2H4O2/c1-19(2)14(21)12-8-10-9-17-16(24(3)23)18-13(10)20(15(12)22)11-6-4-5-7-11;1-10-17-9-11-8-13(15(21)19(2)3)16(22)20(14(11)18-10)12-6-4-5-7-12;1-8-15-7-9-6-11(14(19)20)13(18)17(12(9)16-8)10-4-2-3-5-10;1-8-12-6-9(7-15)11(13-8)14-10-4-2-3-5-10;1-6(2)9-4(7)3-5(8)10-6;1-3-2;1-2(3)4/h8-9,11H,4-7H2,1-3H3;8-9,12H,4-7H2,1-3H3;6-7,10H,2-5H2,1H3,(H,19,20);6-7,10H,2-5H2,1H3,(H,12,13,14);3H2,1-2H3;3H,1-2H3;1H3,(H,3,4). The molecule has 0 spiro atoms. The van der Waals surface area contributed by atoms with E-state index in [0.717, 1.165) is 95.6 Å². The third kappa shape index (κ3) is 20.7. The Balaban J connectivity index is 0.000000193. The Morgan fingerprint density at radius 1 is 0.571 bits per heavy atom. The average molecular weight is 1380 g/mol. The van der Waals surface area contributed by atoms with Crippen molar-refractivity contribution in [1.29, 1.82) is 0 Å². The Morgan fingerprint density at radius 2 is 0.908 bits per heavy atom. The quantitative estimate of drug-likeness (QED) is 0.0452. The molecule has 7 aromatic rings.